The molecule has 1 heterocycles. The molecule has 0 spiro atoms. The smallest absolute Gasteiger partial charge is 0.303 e. The molecule has 1 fully saturated rings. The number of carboxylic acids is 1. The average Bonchev–Trinajstić information content (AvgIpc) is 3.19. The Morgan fingerprint density at radius 1 is 1.30 bits per heavy atom. The van der Waals surface area contributed by atoms with E-state index in [2.05, 4.69) is 4.90 Å². The van der Waals surface area contributed by atoms with Gasteiger partial charge in [0.05, 0.1) is 18.8 Å². The maximum Gasteiger partial charge on any atom is 0.303 e. The molecule has 1 aliphatic rings. The normalized spacial score (nSPS) is 18.4. The van der Waals surface area contributed by atoms with Gasteiger partial charge in [-0.25, -0.2) is 4.39 Å². The number of carbonyl (C=O) groups is 1. The molecule has 0 saturated carbocycles. The summed E-state index contributed by atoms with van der Waals surface area (Å²) in [6, 6.07) is 11.1. The van der Waals surface area contributed by atoms with Gasteiger partial charge in [-0.2, -0.15) is 0 Å². The first kappa shape index (κ1) is 25.6. The molecule has 1 saturated heterocycles. The number of aliphatic hydroxyl groups excluding tert-OH is 1. The van der Waals surface area contributed by atoms with Crippen molar-refractivity contribution in [3.63, 3.8) is 0 Å². The quantitative estimate of drug-likeness (QED) is 0.479. The first-order valence-electron chi connectivity index (χ1n) is 11.5. The van der Waals surface area contributed by atoms with Gasteiger partial charge in [0.1, 0.15) is 5.82 Å². The minimum absolute atomic E-state index is 0.0329. The number of aliphatic carboxylic acids is 1. The van der Waals surface area contributed by atoms with Crippen molar-refractivity contribution in [2.45, 2.75) is 64.2 Å². The minimum Gasteiger partial charge on any atom is -0.481 e. The van der Waals surface area contributed by atoms with Crippen molar-refractivity contribution in [3.05, 3.63) is 69.5 Å². The van der Waals surface area contributed by atoms with Gasteiger partial charge in [-0.15, -0.1) is 0 Å². The maximum atomic E-state index is 13.9. The van der Waals surface area contributed by atoms with Crippen LogP contribution >= 0.6 is 11.6 Å². The number of rotatable bonds is 11. The fourth-order valence-electron chi connectivity index (χ4n) is 4.48. The molecule has 2 aromatic rings. The molecule has 0 bridgehead atoms. The number of benzene rings is 2. The molecular weight excluding hydrogens is 445 g/mol. The van der Waals surface area contributed by atoms with Crippen LogP contribution in [-0.4, -0.2) is 52.9 Å². The molecule has 0 amide bonds. The summed E-state index contributed by atoms with van der Waals surface area (Å²) in [7, 11) is 0. The molecule has 0 aliphatic carbocycles. The molecule has 1 aliphatic heterocycles. The van der Waals surface area contributed by atoms with Crippen LogP contribution < -0.4 is 0 Å². The van der Waals surface area contributed by atoms with E-state index in [1.165, 1.54) is 0 Å². The van der Waals surface area contributed by atoms with Crippen molar-refractivity contribution in [2.75, 3.05) is 19.7 Å². The van der Waals surface area contributed by atoms with Crippen molar-refractivity contribution >= 4 is 17.6 Å². The summed E-state index contributed by atoms with van der Waals surface area (Å²) < 4.78 is 19.9. The van der Waals surface area contributed by atoms with Crippen molar-refractivity contribution in [1.29, 1.82) is 0 Å². The second kappa shape index (κ2) is 11.9. The maximum absolute atomic E-state index is 13.9. The summed E-state index contributed by atoms with van der Waals surface area (Å²) in [4.78, 5) is 13.2. The Hall–Kier alpha value is -1.99. The SMILES string of the molecule is Cc1ccc(C[C@@H]2CCCN2C[C@@H](O)CO[C@H](C)c2cc(Cl)ccc2CCC(=O)O)cc1F. The molecule has 180 valence electrons. The van der Waals surface area contributed by atoms with Gasteiger partial charge in [-0.1, -0.05) is 29.8 Å². The number of likely N-dealkylation sites (tertiary alicyclic amines) is 1. The summed E-state index contributed by atoms with van der Waals surface area (Å²) >= 11 is 6.15. The molecule has 2 N–H and O–H groups in total. The van der Waals surface area contributed by atoms with Crippen molar-refractivity contribution in [2.24, 2.45) is 0 Å². The molecule has 3 rings (SSSR count). The average molecular weight is 478 g/mol. The Bertz CT molecular complexity index is 954. The summed E-state index contributed by atoms with van der Waals surface area (Å²) in [5.74, 6) is -1.03. The van der Waals surface area contributed by atoms with Gasteiger partial charge in [0.15, 0.2) is 0 Å². The van der Waals surface area contributed by atoms with Crippen LogP contribution in [0.3, 0.4) is 0 Å². The first-order valence-corrected chi connectivity index (χ1v) is 11.9. The highest BCUT2D eigenvalue weighted by Crippen LogP contribution is 2.27. The van der Waals surface area contributed by atoms with E-state index < -0.39 is 12.1 Å². The third-order valence-electron chi connectivity index (χ3n) is 6.34. The van der Waals surface area contributed by atoms with Crippen LogP contribution in [0.2, 0.25) is 5.02 Å². The van der Waals surface area contributed by atoms with Gasteiger partial charge < -0.3 is 14.9 Å². The number of β-amino-alcohol motifs (C(OH)–C–C–N with tert-alkyl or cyclic N) is 1. The van der Waals surface area contributed by atoms with Crippen LogP contribution in [0.4, 0.5) is 4.39 Å². The van der Waals surface area contributed by atoms with Gasteiger partial charge in [-0.05, 0) is 86.5 Å². The van der Waals surface area contributed by atoms with Crippen LogP contribution in [-0.2, 0) is 22.4 Å². The summed E-state index contributed by atoms with van der Waals surface area (Å²) in [5.41, 5.74) is 3.35. The number of nitrogens with zero attached hydrogens (tertiary/aromatic N) is 1. The molecule has 33 heavy (non-hydrogen) atoms. The summed E-state index contributed by atoms with van der Waals surface area (Å²) in [6.07, 6.45) is 2.28. The van der Waals surface area contributed by atoms with E-state index in [9.17, 15) is 14.3 Å². The molecule has 2 aromatic carbocycles. The van der Waals surface area contributed by atoms with Crippen molar-refractivity contribution < 1.29 is 24.1 Å². The van der Waals surface area contributed by atoms with E-state index in [1.54, 1.807) is 25.1 Å². The predicted molar refractivity (Wildman–Crippen MR) is 127 cm³/mol. The van der Waals surface area contributed by atoms with E-state index in [1.807, 2.05) is 25.1 Å². The molecule has 0 radical (unpaired) electrons. The Balaban J connectivity index is 1.54. The lowest BCUT2D eigenvalue weighted by Gasteiger charge is -2.28. The lowest BCUT2D eigenvalue weighted by atomic mass is 9.99. The fraction of sp³-hybridized carbons (Fsp3) is 0.500. The van der Waals surface area contributed by atoms with Gasteiger partial charge in [0.25, 0.3) is 0 Å². The largest absolute Gasteiger partial charge is 0.481 e. The third-order valence-corrected chi connectivity index (χ3v) is 6.58. The topological polar surface area (TPSA) is 70.0 Å². The van der Waals surface area contributed by atoms with Crippen LogP contribution in [0.25, 0.3) is 0 Å². The predicted octanol–water partition coefficient (Wildman–Crippen LogP) is 4.95. The van der Waals surface area contributed by atoms with Gasteiger partial charge in [-0.3, -0.25) is 9.69 Å². The van der Waals surface area contributed by atoms with E-state index in [4.69, 9.17) is 21.4 Å². The number of hydrogen-bond donors (Lipinski definition) is 2. The highest BCUT2D eigenvalue weighted by Gasteiger charge is 2.27. The Kier molecular flexibility index (Phi) is 9.27. The summed E-state index contributed by atoms with van der Waals surface area (Å²) in [6.45, 7) is 5.20. The molecule has 5 nitrogen and oxygen atoms in total. The lowest BCUT2D eigenvalue weighted by molar-refractivity contribution is -0.136. The second-order valence-corrected chi connectivity index (χ2v) is 9.38. The molecule has 0 unspecified atom stereocenters. The van der Waals surface area contributed by atoms with Crippen LogP contribution in [0, 0.1) is 12.7 Å². The number of carboxylic acid groups (broad SMARTS) is 1. The minimum atomic E-state index is -0.853. The van der Waals surface area contributed by atoms with Gasteiger partial charge in [0, 0.05) is 24.0 Å². The molecule has 3 atom stereocenters. The number of ether oxygens (including phenoxy) is 1. The van der Waals surface area contributed by atoms with Crippen molar-refractivity contribution in [3.8, 4) is 0 Å². The van der Waals surface area contributed by atoms with Crippen molar-refractivity contribution in [1.82, 2.24) is 4.90 Å². The highest BCUT2D eigenvalue weighted by atomic mass is 35.5. The lowest BCUT2D eigenvalue weighted by Crippen LogP contribution is -2.39. The van der Waals surface area contributed by atoms with Gasteiger partial charge in [0.2, 0.25) is 0 Å². The zero-order chi connectivity index (χ0) is 24.0. The third kappa shape index (κ3) is 7.51. The van der Waals surface area contributed by atoms with Crippen LogP contribution in [0.5, 0.6) is 0 Å². The van der Waals surface area contributed by atoms with Crippen LogP contribution in [0.15, 0.2) is 36.4 Å². The number of aryl methyl sites for hydroxylation is 2. The van der Waals surface area contributed by atoms with E-state index >= 15 is 0 Å². The molecule has 7 heteroatoms. The molecular formula is C26H33ClFNO4. The zero-order valence-electron chi connectivity index (χ0n) is 19.3. The monoisotopic (exact) mass is 477 g/mol. The van der Waals surface area contributed by atoms with E-state index in [0.29, 0.717) is 23.6 Å². The number of aliphatic hydroxyl groups is 1. The first-order chi connectivity index (χ1) is 15.7. The Labute approximate surface area is 200 Å². The molecule has 0 aromatic heterocycles. The summed E-state index contributed by atoms with van der Waals surface area (Å²) in [5, 5.41) is 20.2. The Morgan fingerprint density at radius 2 is 2.09 bits per heavy atom. The number of halogens is 2. The highest BCUT2D eigenvalue weighted by molar-refractivity contribution is 6.30. The second-order valence-electron chi connectivity index (χ2n) is 8.94. The van der Waals surface area contributed by atoms with Crippen LogP contribution in [0.1, 0.15) is 54.5 Å². The zero-order valence-corrected chi connectivity index (χ0v) is 20.0. The van der Waals surface area contributed by atoms with E-state index in [-0.39, 0.29) is 31.0 Å². The standard InChI is InChI=1S/C26H33ClFNO4/c1-17-5-6-19(13-25(17)28)12-22-4-3-11-29(22)15-23(30)16-33-18(2)24-14-21(27)9-7-20(24)8-10-26(31)32/h5-7,9,13-14,18,22-23,30H,3-4,8,10-12,15-16H2,1-2H3,(H,31,32)/t18-,22+,23-/m1/s1. The van der Waals surface area contributed by atoms with Gasteiger partial charge >= 0.3 is 5.97 Å². The Morgan fingerprint density at radius 3 is 2.82 bits per heavy atom. The number of hydrogen-bond acceptors (Lipinski definition) is 4. The van der Waals surface area contributed by atoms with E-state index in [0.717, 1.165) is 42.5 Å². The fourth-order valence-corrected chi connectivity index (χ4v) is 4.66.